The molecule has 0 aliphatic rings. The van der Waals surface area contributed by atoms with Crippen molar-refractivity contribution in [3.8, 4) is 0 Å². The lowest BCUT2D eigenvalue weighted by molar-refractivity contribution is -0.568. The maximum absolute atomic E-state index is 12.7. The first-order valence-corrected chi connectivity index (χ1v) is 5.61. The van der Waals surface area contributed by atoms with Crippen LogP contribution < -0.4 is 17.0 Å². The molecule has 4 heteroatoms. The van der Waals surface area contributed by atoms with Crippen LogP contribution in [-0.2, 0) is 0 Å². The molecule has 1 heterocycles. The van der Waals surface area contributed by atoms with Crippen molar-refractivity contribution in [3.63, 3.8) is 0 Å². The summed E-state index contributed by atoms with van der Waals surface area (Å²) in [6.45, 7) is 1.98. The molecule has 0 N–H and O–H groups in total. The number of carbonyl (C=O) groups excluding carboxylic acids is 1. The van der Waals surface area contributed by atoms with Crippen molar-refractivity contribution in [2.45, 2.75) is 6.92 Å². The summed E-state index contributed by atoms with van der Waals surface area (Å²) in [6, 6.07) is 9.39. The zero-order chi connectivity index (χ0) is 13.0. The quantitative estimate of drug-likeness (QED) is 0.432. The van der Waals surface area contributed by atoms with Crippen LogP contribution >= 0.6 is 0 Å². The van der Waals surface area contributed by atoms with Gasteiger partial charge in [0.1, 0.15) is 5.82 Å². The Balaban J connectivity index is 0.00000180. The third kappa shape index (κ3) is 4.30. The number of ketones is 1. The van der Waals surface area contributed by atoms with Crippen LogP contribution in [0.5, 0.6) is 0 Å². The highest BCUT2D eigenvalue weighted by Gasteiger charge is 2.03. The third-order valence-electron chi connectivity index (χ3n) is 2.50. The first-order valence-electron chi connectivity index (χ1n) is 5.61. The van der Waals surface area contributed by atoms with Gasteiger partial charge in [0.15, 0.2) is 24.4 Å². The van der Waals surface area contributed by atoms with Crippen LogP contribution in [0.25, 0.3) is 6.20 Å². The first-order chi connectivity index (χ1) is 8.65. The maximum Gasteiger partial charge on any atom is 0.191 e. The molecule has 2 rings (SSSR count). The molecular weight excluding hydrogens is 265 g/mol. The lowest BCUT2D eigenvalue weighted by Gasteiger charge is -1.94. The second-order valence-corrected chi connectivity index (χ2v) is 4.02. The standard InChI is InChI=1S/C15H13FNO.ClH/c1-12-3-2-9-17(11-12)10-8-15(18)13-4-6-14(16)7-5-13;/h2-11H,1H3;1H/q+1;/p-1. The molecule has 0 atom stereocenters. The number of pyridine rings is 1. The molecule has 0 radical (unpaired) electrons. The van der Waals surface area contributed by atoms with E-state index in [0.29, 0.717) is 5.56 Å². The summed E-state index contributed by atoms with van der Waals surface area (Å²) in [5, 5.41) is 0. The Morgan fingerprint density at radius 1 is 1.21 bits per heavy atom. The second kappa shape index (κ2) is 6.81. The van der Waals surface area contributed by atoms with Crippen LogP contribution in [0.15, 0.2) is 54.9 Å². The van der Waals surface area contributed by atoms with Crippen LogP contribution in [0.3, 0.4) is 0 Å². The number of benzene rings is 1. The fraction of sp³-hybridized carbons (Fsp3) is 0.0667. The molecule has 1 aromatic carbocycles. The summed E-state index contributed by atoms with van der Waals surface area (Å²) in [7, 11) is 0. The molecule has 19 heavy (non-hydrogen) atoms. The molecular formula is C15H13ClFNO. The van der Waals surface area contributed by atoms with Gasteiger partial charge >= 0.3 is 0 Å². The van der Waals surface area contributed by atoms with Crippen LogP contribution in [0, 0.1) is 12.7 Å². The van der Waals surface area contributed by atoms with E-state index >= 15 is 0 Å². The van der Waals surface area contributed by atoms with Gasteiger partial charge in [-0.1, -0.05) is 0 Å². The highest BCUT2D eigenvalue weighted by atomic mass is 35.5. The van der Waals surface area contributed by atoms with Crippen LogP contribution in [-0.4, -0.2) is 5.78 Å². The Morgan fingerprint density at radius 3 is 2.53 bits per heavy atom. The van der Waals surface area contributed by atoms with E-state index in [9.17, 15) is 9.18 Å². The van der Waals surface area contributed by atoms with Crippen LogP contribution in [0.1, 0.15) is 15.9 Å². The van der Waals surface area contributed by atoms with E-state index < -0.39 is 0 Å². The summed E-state index contributed by atoms with van der Waals surface area (Å²) in [4.78, 5) is 11.8. The predicted octanol–water partition coefficient (Wildman–Crippen LogP) is -0.221. The van der Waals surface area contributed by atoms with Crippen LogP contribution in [0.4, 0.5) is 4.39 Å². The van der Waals surface area contributed by atoms with Crippen molar-refractivity contribution >= 4 is 12.0 Å². The number of allylic oxidation sites excluding steroid dienone is 1. The van der Waals surface area contributed by atoms with Gasteiger partial charge in [0, 0.05) is 17.2 Å². The molecule has 0 aliphatic heterocycles. The van der Waals surface area contributed by atoms with Crippen molar-refractivity contribution in [1.82, 2.24) is 0 Å². The number of halogens is 2. The maximum atomic E-state index is 12.7. The summed E-state index contributed by atoms with van der Waals surface area (Å²) in [6.07, 6.45) is 6.90. The Morgan fingerprint density at radius 2 is 1.89 bits per heavy atom. The van der Waals surface area contributed by atoms with Gasteiger partial charge in [-0.3, -0.25) is 4.79 Å². The van der Waals surface area contributed by atoms with Gasteiger partial charge in [0.05, 0.1) is 6.08 Å². The zero-order valence-corrected chi connectivity index (χ0v) is 11.1. The molecule has 1 aromatic heterocycles. The highest BCUT2D eigenvalue weighted by molar-refractivity contribution is 6.05. The highest BCUT2D eigenvalue weighted by Crippen LogP contribution is 2.04. The minimum atomic E-state index is -0.344. The number of rotatable bonds is 3. The molecule has 2 nitrogen and oxygen atoms in total. The van der Waals surface area contributed by atoms with E-state index in [1.54, 1.807) is 10.8 Å². The molecule has 0 amide bonds. The Kier molecular flexibility index (Phi) is 5.39. The summed E-state index contributed by atoms with van der Waals surface area (Å²) >= 11 is 0. The number of hydrogen-bond acceptors (Lipinski definition) is 1. The average molecular weight is 278 g/mol. The van der Waals surface area contributed by atoms with Crippen molar-refractivity contribution in [1.29, 1.82) is 0 Å². The molecule has 0 saturated heterocycles. The molecule has 0 fully saturated rings. The summed E-state index contributed by atoms with van der Waals surface area (Å²) in [5.74, 6) is -0.493. The van der Waals surface area contributed by atoms with Gasteiger partial charge < -0.3 is 12.4 Å². The number of nitrogens with zero attached hydrogens (tertiary/aromatic N) is 1. The molecule has 2 aromatic rings. The summed E-state index contributed by atoms with van der Waals surface area (Å²) in [5.41, 5.74) is 1.58. The Hall–Kier alpha value is -2.00. The molecule has 98 valence electrons. The Labute approximate surface area is 117 Å². The largest absolute Gasteiger partial charge is 1.00 e. The fourth-order valence-corrected chi connectivity index (χ4v) is 1.57. The minimum Gasteiger partial charge on any atom is -1.00 e. The van der Waals surface area contributed by atoms with Gasteiger partial charge in [-0.15, -0.1) is 0 Å². The Bertz CT molecular complexity index is 593. The molecule has 0 saturated carbocycles. The van der Waals surface area contributed by atoms with Crippen molar-refractivity contribution in [2.75, 3.05) is 0 Å². The molecule has 0 unspecified atom stereocenters. The smallest absolute Gasteiger partial charge is 0.191 e. The van der Waals surface area contributed by atoms with E-state index in [-0.39, 0.29) is 24.0 Å². The normalized spacial score (nSPS) is 10.2. The second-order valence-electron chi connectivity index (χ2n) is 4.02. The van der Waals surface area contributed by atoms with Gasteiger partial charge in [-0.05, 0) is 37.3 Å². The number of hydrogen-bond donors (Lipinski definition) is 0. The topological polar surface area (TPSA) is 20.9 Å². The van der Waals surface area contributed by atoms with E-state index in [2.05, 4.69) is 0 Å². The van der Waals surface area contributed by atoms with Crippen LogP contribution in [0.2, 0.25) is 0 Å². The minimum absolute atomic E-state index is 0. The van der Waals surface area contributed by atoms with Crippen molar-refractivity contribution in [2.24, 2.45) is 0 Å². The average Bonchev–Trinajstić information content (AvgIpc) is 2.37. The van der Waals surface area contributed by atoms with Crippen molar-refractivity contribution < 1.29 is 26.2 Å². The number of carbonyl (C=O) groups is 1. The monoisotopic (exact) mass is 277 g/mol. The van der Waals surface area contributed by atoms with E-state index in [1.807, 2.05) is 31.5 Å². The fourth-order valence-electron chi connectivity index (χ4n) is 1.57. The molecule has 0 bridgehead atoms. The van der Waals surface area contributed by atoms with Gasteiger partial charge in [0.2, 0.25) is 0 Å². The SMILES string of the molecule is Cc1ccc[n+](C=CC(=O)c2ccc(F)cc2)c1.[Cl-]. The lowest BCUT2D eigenvalue weighted by Crippen LogP contribution is -3.00. The molecule has 0 spiro atoms. The first kappa shape index (κ1) is 15.1. The van der Waals surface area contributed by atoms with Gasteiger partial charge in [-0.2, -0.15) is 4.57 Å². The predicted molar refractivity (Wildman–Crippen MR) is 67.4 cm³/mol. The van der Waals surface area contributed by atoms with Crippen molar-refractivity contribution in [3.05, 3.63) is 71.8 Å². The van der Waals surface area contributed by atoms with E-state index in [1.165, 1.54) is 30.3 Å². The zero-order valence-electron chi connectivity index (χ0n) is 10.4. The summed E-state index contributed by atoms with van der Waals surface area (Å²) < 4.78 is 14.5. The lowest BCUT2D eigenvalue weighted by atomic mass is 10.1. The third-order valence-corrected chi connectivity index (χ3v) is 2.50. The number of aryl methyl sites for hydroxylation is 1. The molecule has 0 aliphatic carbocycles. The van der Waals surface area contributed by atoms with E-state index in [0.717, 1.165) is 5.56 Å². The van der Waals surface area contributed by atoms with E-state index in [4.69, 9.17) is 0 Å². The van der Waals surface area contributed by atoms with Gasteiger partial charge in [0.25, 0.3) is 0 Å². The van der Waals surface area contributed by atoms with Gasteiger partial charge in [-0.25, -0.2) is 4.39 Å². The number of aromatic nitrogens is 1.